The fourth-order valence-electron chi connectivity index (χ4n) is 5.47. The van der Waals surface area contributed by atoms with Gasteiger partial charge in [-0.3, -0.25) is 20.2 Å². The lowest BCUT2D eigenvalue weighted by atomic mass is 9.78. The van der Waals surface area contributed by atoms with Gasteiger partial charge in [-0.15, -0.1) is 0 Å². The van der Waals surface area contributed by atoms with Gasteiger partial charge in [0.15, 0.2) is 17.0 Å². The van der Waals surface area contributed by atoms with Crippen molar-refractivity contribution < 1.29 is 19.2 Å². The predicted octanol–water partition coefficient (Wildman–Crippen LogP) is 5.54. The average molecular weight is 542 g/mol. The number of nitro groups is 1. The van der Waals surface area contributed by atoms with Crippen LogP contribution in [-0.2, 0) is 16.9 Å². The summed E-state index contributed by atoms with van der Waals surface area (Å²) in [4.78, 5) is 25.5. The third-order valence-corrected chi connectivity index (χ3v) is 7.51. The van der Waals surface area contributed by atoms with E-state index in [1.807, 2.05) is 26.0 Å². The molecule has 1 fully saturated rings. The smallest absolute Gasteiger partial charge is 0.256 e. The van der Waals surface area contributed by atoms with Crippen molar-refractivity contribution in [3.63, 3.8) is 0 Å². The van der Waals surface area contributed by atoms with Crippen LogP contribution in [0, 0.1) is 10.1 Å². The Bertz CT molecular complexity index is 1370. The molecule has 0 unspecified atom stereocenters. The SMILES string of the molecule is CCOc1cc([C@@H]2[C@H](C)N[C@@]3(C(=O)Nc4ccccc43)[C@H]2[N+](=O)[O-])cc(Cl)c1OCc1ccc(Cl)cc1. The van der Waals surface area contributed by atoms with Gasteiger partial charge in [-0.1, -0.05) is 53.5 Å². The number of fused-ring (bicyclic) bond motifs is 2. The fraction of sp³-hybridized carbons (Fsp3) is 0.296. The standard InChI is InChI=1S/C27H25Cl2N3O5/c1-3-36-22-13-17(12-20(29)24(22)37-14-16-8-10-18(28)11-9-16)23-15(2)31-27(25(23)32(34)35)19-6-4-5-7-21(19)30-26(27)33/h4-13,15,23,25,31H,3,14H2,1-2H3,(H,30,33)/t15-,23-,25-,27+/m0/s1. The Hall–Kier alpha value is -3.33. The maximum absolute atomic E-state index is 13.3. The largest absolute Gasteiger partial charge is 0.490 e. The Balaban J connectivity index is 1.54. The molecule has 1 saturated heterocycles. The number of para-hydroxylation sites is 1. The highest BCUT2D eigenvalue weighted by Crippen LogP contribution is 2.51. The van der Waals surface area contributed by atoms with E-state index in [4.69, 9.17) is 32.7 Å². The number of carbonyl (C=O) groups is 1. The van der Waals surface area contributed by atoms with Gasteiger partial charge in [-0.25, -0.2) is 0 Å². The fourth-order valence-corrected chi connectivity index (χ4v) is 5.87. The Morgan fingerprint density at radius 3 is 2.51 bits per heavy atom. The molecular weight excluding hydrogens is 517 g/mol. The van der Waals surface area contributed by atoms with Crippen molar-refractivity contribution in [3.8, 4) is 11.5 Å². The van der Waals surface area contributed by atoms with Crippen molar-refractivity contribution in [1.29, 1.82) is 0 Å². The van der Waals surface area contributed by atoms with E-state index in [0.29, 0.717) is 39.9 Å². The van der Waals surface area contributed by atoms with Gasteiger partial charge in [-0.05, 0) is 55.3 Å². The first-order valence-electron chi connectivity index (χ1n) is 11.9. The first kappa shape index (κ1) is 25.3. The van der Waals surface area contributed by atoms with Gasteiger partial charge >= 0.3 is 0 Å². The molecule has 0 aromatic heterocycles. The summed E-state index contributed by atoms with van der Waals surface area (Å²) in [6.07, 6.45) is 0. The van der Waals surface area contributed by atoms with Gasteiger partial charge in [0.25, 0.3) is 11.9 Å². The van der Waals surface area contributed by atoms with Crippen molar-refractivity contribution in [2.75, 3.05) is 11.9 Å². The van der Waals surface area contributed by atoms with Crippen LogP contribution >= 0.6 is 23.2 Å². The third kappa shape index (κ3) is 4.29. The first-order chi connectivity index (χ1) is 17.8. The quantitative estimate of drug-likeness (QED) is 0.300. The number of anilines is 1. The summed E-state index contributed by atoms with van der Waals surface area (Å²) in [5.74, 6) is -0.389. The summed E-state index contributed by atoms with van der Waals surface area (Å²) >= 11 is 12.6. The highest BCUT2D eigenvalue weighted by molar-refractivity contribution is 6.32. The molecule has 0 bridgehead atoms. The molecule has 2 aliphatic heterocycles. The van der Waals surface area contributed by atoms with Crippen LogP contribution in [0.15, 0.2) is 60.7 Å². The Labute approximate surface area is 224 Å². The maximum atomic E-state index is 13.3. The highest BCUT2D eigenvalue weighted by atomic mass is 35.5. The van der Waals surface area contributed by atoms with E-state index < -0.39 is 29.4 Å². The van der Waals surface area contributed by atoms with Crippen molar-refractivity contribution in [3.05, 3.63) is 97.5 Å². The molecule has 37 heavy (non-hydrogen) atoms. The zero-order valence-electron chi connectivity index (χ0n) is 20.2. The van der Waals surface area contributed by atoms with Crippen LogP contribution in [0.5, 0.6) is 11.5 Å². The molecule has 1 spiro atoms. The van der Waals surface area contributed by atoms with E-state index >= 15 is 0 Å². The zero-order valence-corrected chi connectivity index (χ0v) is 21.7. The lowest BCUT2D eigenvalue weighted by Crippen LogP contribution is -2.54. The third-order valence-electron chi connectivity index (χ3n) is 6.98. The van der Waals surface area contributed by atoms with E-state index in [0.717, 1.165) is 5.56 Å². The van der Waals surface area contributed by atoms with Crippen LogP contribution in [0.1, 0.15) is 36.5 Å². The number of hydrogen-bond acceptors (Lipinski definition) is 6. The summed E-state index contributed by atoms with van der Waals surface area (Å²) in [6.45, 7) is 4.24. The average Bonchev–Trinajstić information content (AvgIpc) is 3.33. The number of ether oxygens (including phenoxy) is 2. The first-order valence-corrected chi connectivity index (χ1v) is 12.7. The van der Waals surface area contributed by atoms with E-state index in [2.05, 4.69) is 10.6 Å². The molecule has 1 amide bonds. The molecule has 4 atom stereocenters. The molecule has 192 valence electrons. The monoisotopic (exact) mass is 541 g/mol. The number of hydrogen-bond donors (Lipinski definition) is 2. The lowest BCUT2D eigenvalue weighted by Gasteiger charge is -2.25. The van der Waals surface area contributed by atoms with Crippen molar-refractivity contribution in [2.24, 2.45) is 0 Å². The topological polar surface area (TPSA) is 103 Å². The molecule has 2 N–H and O–H groups in total. The highest BCUT2D eigenvalue weighted by Gasteiger charge is 2.67. The van der Waals surface area contributed by atoms with Crippen LogP contribution in [0.4, 0.5) is 5.69 Å². The van der Waals surface area contributed by atoms with Gasteiger partial charge in [-0.2, -0.15) is 0 Å². The zero-order chi connectivity index (χ0) is 26.3. The molecule has 3 aromatic carbocycles. The summed E-state index contributed by atoms with van der Waals surface area (Å²) in [6, 6.07) is 16.0. The lowest BCUT2D eigenvalue weighted by molar-refractivity contribution is -0.532. The summed E-state index contributed by atoms with van der Waals surface area (Å²) in [5.41, 5.74) is 1.10. The van der Waals surface area contributed by atoms with Gasteiger partial charge in [0.2, 0.25) is 0 Å². The minimum absolute atomic E-state index is 0.231. The summed E-state index contributed by atoms with van der Waals surface area (Å²) in [5, 5.41) is 19.6. The second-order valence-electron chi connectivity index (χ2n) is 9.17. The van der Waals surface area contributed by atoms with E-state index in [-0.39, 0.29) is 16.6 Å². The predicted molar refractivity (Wildman–Crippen MR) is 141 cm³/mol. The van der Waals surface area contributed by atoms with Crippen molar-refractivity contribution >= 4 is 34.8 Å². The normalized spacial score (nSPS) is 24.1. The minimum atomic E-state index is -1.51. The Morgan fingerprint density at radius 2 is 1.81 bits per heavy atom. The Morgan fingerprint density at radius 1 is 1.08 bits per heavy atom. The number of carbonyl (C=O) groups excluding carboxylic acids is 1. The molecule has 2 heterocycles. The van der Waals surface area contributed by atoms with Crippen LogP contribution in [-0.4, -0.2) is 29.5 Å². The molecule has 3 aromatic rings. The Kier molecular flexibility index (Phi) is 6.74. The number of amides is 1. The maximum Gasteiger partial charge on any atom is 0.256 e. The molecule has 8 nitrogen and oxygen atoms in total. The number of halogens is 2. The second kappa shape index (κ2) is 9.85. The van der Waals surface area contributed by atoms with Crippen LogP contribution in [0.2, 0.25) is 10.0 Å². The number of nitrogens with zero attached hydrogens (tertiary/aromatic N) is 1. The van der Waals surface area contributed by atoms with E-state index in [1.165, 1.54) is 0 Å². The molecule has 0 aliphatic carbocycles. The minimum Gasteiger partial charge on any atom is -0.490 e. The van der Waals surface area contributed by atoms with Gasteiger partial charge in [0.1, 0.15) is 6.61 Å². The van der Waals surface area contributed by atoms with Crippen LogP contribution in [0.3, 0.4) is 0 Å². The summed E-state index contributed by atoms with van der Waals surface area (Å²) in [7, 11) is 0. The number of nitrogens with one attached hydrogen (secondary N) is 2. The molecular formula is C27H25Cl2N3O5. The van der Waals surface area contributed by atoms with Crippen molar-refractivity contribution in [1.82, 2.24) is 5.32 Å². The van der Waals surface area contributed by atoms with Crippen LogP contribution in [0.25, 0.3) is 0 Å². The van der Waals surface area contributed by atoms with Gasteiger partial charge in [0.05, 0.1) is 17.5 Å². The van der Waals surface area contributed by atoms with Crippen molar-refractivity contribution in [2.45, 2.75) is 44.0 Å². The van der Waals surface area contributed by atoms with Gasteiger partial charge < -0.3 is 14.8 Å². The van der Waals surface area contributed by atoms with Gasteiger partial charge in [0, 0.05) is 27.2 Å². The second-order valence-corrected chi connectivity index (χ2v) is 10.0. The van der Waals surface area contributed by atoms with Crippen LogP contribution < -0.4 is 20.1 Å². The number of rotatable bonds is 7. The molecule has 0 saturated carbocycles. The van der Waals surface area contributed by atoms with E-state index in [1.54, 1.807) is 48.5 Å². The van der Waals surface area contributed by atoms with E-state index in [9.17, 15) is 14.9 Å². The summed E-state index contributed by atoms with van der Waals surface area (Å²) < 4.78 is 11.9. The molecule has 5 rings (SSSR count). The number of benzene rings is 3. The molecule has 2 aliphatic rings. The molecule has 0 radical (unpaired) electrons. The molecule has 10 heteroatoms.